The third-order valence-corrected chi connectivity index (χ3v) is 6.97. The van der Waals surface area contributed by atoms with Gasteiger partial charge in [-0.05, 0) is 38.1 Å². The van der Waals surface area contributed by atoms with Crippen molar-refractivity contribution in [1.29, 1.82) is 0 Å². The molecule has 0 aliphatic carbocycles. The van der Waals surface area contributed by atoms with Gasteiger partial charge in [0.2, 0.25) is 5.88 Å². The van der Waals surface area contributed by atoms with E-state index in [0.29, 0.717) is 59.7 Å². The standard InChI is InChI=1S/C31H28F2N6O2/c1-3-41-27-8-7-20(17-35-27)31-26(16-22(18-36-31)39-10-12-40-13-11-39)38-30-19(2)29(24-6-4-5-9-34-24)37-25-15-21(32)14-23(33)28(25)30/h4-9,14-18H,3,10-13H2,1-2H3,(H,37,38). The molecule has 1 N–H and O–H groups in total. The highest BCUT2D eigenvalue weighted by Gasteiger charge is 2.21. The van der Waals surface area contributed by atoms with Gasteiger partial charge in [0.25, 0.3) is 0 Å². The Bertz CT molecular complexity index is 1690. The van der Waals surface area contributed by atoms with Crippen molar-refractivity contribution >= 4 is 28.0 Å². The molecule has 1 aromatic carbocycles. The molecule has 0 spiro atoms. The fraction of sp³-hybridized carbons (Fsp3) is 0.226. The molecular weight excluding hydrogens is 526 g/mol. The number of benzene rings is 1. The number of aromatic nitrogens is 4. The van der Waals surface area contributed by atoms with Crippen LogP contribution in [0.2, 0.25) is 0 Å². The number of hydrogen-bond acceptors (Lipinski definition) is 8. The number of nitrogens with one attached hydrogen (secondary N) is 1. The van der Waals surface area contributed by atoms with Crippen molar-refractivity contribution in [2.75, 3.05) is 43.1 Å². The highest BCUT2D eigenvalue weighted by Crippen LogP contribution is 2.39. The lowest BCUT2D eigenvalue weighted by Crippen LogP contribution is -2.36. The van der Waals surface area contributed by atoms with E-state index in [0.717, 1.165) is 30.4 Å². The van der Waals surface area contributed by atoms with Gasteiger partial charge in [-0.25, -0.2) is 18.7 Å². The van der Waals surface area contributed by atoms with Crippen molar-refractivity contribution in [1.82, 2.24) is 19.9 Å². The van der Waals surface area contributed by atoms with Gasteiger partial charge in [-0.15, -0.1) is 0 Å². The van der Waals surface area contributed by atoms with Gasteiger partial charge in [0.1, 0.15) is 11.6 Å². The summed E-state index contributed by atoms with van der Waals surface area (Å²) in [6.07, 6.45) is 5.17. The van der Waals surface area contributed by atoms with Crippen LogP contribution in [-0.4, -0.2) is 52.8 Å². The second-order valence-corrected chi connectivity index (χ2v) is 9.59. The van der Waals surface area contributed by atoms with E-state index in [1.54, 1.807) is 24.5 Å². The molecule has 0 saturated carbocycles. The quantitative estimate of drug-likeness (QED) is 0.250. The number of ether oxygens (including phenoxy) is 2. The van der Waals surface area contributed by atoms with E-state index in [9.17, 15) is 4.39 Å². The summed E-state index contributed by atoms with van der Waals surface area (Å²) in [6, 6.07) is 13.2. The molecule has 1 aliphatic rings. The summed E-state index contributed by atoms with van der Waals surface area (Å²) in [5.74, 6) is -0.913. The zero-order valence-electron chi connectivity index (χ0n) is 22.7. The van der Waals surface area contributed by atoms with Crippen LogP contribution in [0.1, 0.15) is 12.5 Å². The summed E-state index contributed by atoms with van der Waals surface area (Å²) in [7, 11) is 0. The largest absolute Gasteiger partial charge is 0.478 e. The van der Waals surface area contributed by atoms with Crippen LogP contribution in [0, 0.1) is 18.6 Å². The normalized spacial score (nSPS) is 13.4. The second-order valence-electron chi connectivity index (χ2n) is 9.59. The van der Waals surface area contributed by atoms with E-state index in [2.05, 4.69) is 25.2 Å². The van der Waals surface area contributed by atoms with Crippen LogP contribution in [0.3, 0.4) is 0 Å². The van der Waals surface area contributed by atoms with Gasteiger partial charge in [-0.2, -0.15) is 0 Å². The molecule has 1 saturated heterocycles. The highest BCUT2D eigenvalue weighted by molar-refractivity contribution is 5.99. The Balaban J connectivity index is 1.54. The average Bonchev–Trinajstić information content (AvgIpc) is 3.00. The molecule has 0 bridgehead atoms. The van der Waals surface area contributed by atoms with Crippen LogP contribution in [0.5, 0.6) is 5.88 Å². The van der Waals surface area contributed by atoms with Gasteiger partial charge in [0, 0.05) is 54.8 Å². The van der Waals surface area contributed by atoms with Crippen LogP contribution in [-0.2, 0) is 4.74 Å². The number of fused-ring (bicyclic) bond motifs is 1. The van der Waals surface area contributed by atoms with Crippen molar-refractivity contribution in [3.05, 3.63) is 84.3 Å². The van der Waals surface area contributed by atoms with E-state index in [1.807, 2.05) is 44.3 Å². The highest BCUT2D eigenvalue weighted by atomic mass is 19.1. The fourth-order valence-electron chi connectivity index (χ4n) is 4.98. The second kappa shape index (κ2) is 11.4. The maximum Gasteiger partial charge on any atom is 0.213 e. The summed E-state index contributed by atoms with van der Waals surface area (Å²) >= 11 is 0. The first-order chi connectivity index (χ1) is 20.0. The maximum atomic E-state index is 15.4. The van der Waals surface area contributed by atoms with Crippen molar-refractivity contribution in [3.63, 3.8) is 0 Å². The van der Waals surface area contributed by atoms with Gasteiger partial charge in [0.05, 0.1) is 71.1 Å². The minimum atomic E-state index is -0.716. The summed E-state index contributed by atoms with van der Waals surface area (Å²) in [4.78, 5) is 20.5. The van der Waals surface area contributed by atoms with Crippen LogP contribution in [0.15, 0.2) is 67.1 Å². The number of hydrogen-bond donors (Lipinski definition) is 1. The van der Waals surface area contributed by atoms with Crippen LogP contribution in [0.25, 0.3) is 33.5 Å². The molecule has 41 heavy (non-hydrogen) atoms. The zero-order valence-corrected chi connectivity index (χ0v) is 22.7. The van der Waals surface area contributed by atoms with E-state index < -0.39 is 11.6 Å². The minimum absolute atomic E-state index is 0.177. The molecule has 4 aromatic heterocycles. The van der Waals surface area contributed by atoms with E-state index >= 15 is 4.39 Å². The Hall–Kier alpha value is -4.70. The predicted molar refractivity (Wildman–Crippen MR) is 155 cm³/mol. The predicted octanol–water partition coefficient (Wildman–Crippen LogP) is 6.32. The molecule has 6 rings (SSSR count). The Kier molecular flexibility index (Phi) is 7.39. The number of halogens is 2. The smallest absolute Gasteiger partial charge is 0.213 e. The Morgan fingerprint density at radius 1 is 0.976 bits per heavy atom. The molecule has 1 aliphatic heterocycles. The van der Waals surface area contributed by atoms with Gasteiger partial charge < -0.3 is 19.7 Å². The lowest BCUT2D eigenvalue weighted by molar-refractivity contribution is 0.122. The molecule has 0 radical (unpaired) electrons. The average molecular weight is 555 g/mol. The number of morpholine rings is 1. The molecule has 5 aromatic rings. The zero-order chi connectivity index (χ0) is 28.3. The lowest BCUT2D eigenvalue weighted by Gasteiger charge is -2.29. The van der Waals surface area contributed by atoms with Crippen molar-refractivity contribution in [3.8, 4) is 28.5 Å². The Labute approximate surface area is 236 Å². The van der Waals surface area contributed by atoms with Gasteiger partial charge >= 0.3 is 0 Å². The summed E-state index contributed by atoms with van der Waals surface area (Å²) in [5.41, 5.74) is 5.29. The van der Waals surface area contributed by atoms with Gasteiger partial charge in [-0.3, -0.25) is 9.97 Å². The van der Waals surface area contributed by atoms with E-state index in [1.165, 1.54) is 6.07 Å². The third kappa shape index (κ3) is 5.38. The molecular formula is C31H28F2N6O2. The van der Waals surface area contributed by atoms with E-state index in [-0.39, 0.29) is 10.9 Å². The Morgan fingerprint density at radius 3 is 2.56 bits per heavy atom. The van der Waals surface area contributed by atoms with Crippen LogP contribution < -0.4 is 15.0 Å². The lowest BCUT2D eigenvalue weighted by atomic mass is 10.0. The molecule has 5 heterocycles. The summed E-state index contributed by atoms with van der Waals surface area (Å²) in [6.45, 7) is 6.93. The number of pyridine rings is 4. The number of nitrogens with zero attached hydrogens (tertiary/aromatic N) is 5. The van der Waals surface area contributed by atoms with Crippen molar-refractivity contribution in [2.24, 2.45) is 0 Å². The first kappa shape index (κ1) is 26.5. The molecule has 0 amide bonds. The monoisotopic (exact) mass is 554 g/mol. The van der Waals surface area contributed by atoms with Crippen LogP contribution in [0.4, 0.5) is 25.8 Å². The summed E-state index contributed by atoms with van der Waals surface area (Å²) in [5, 5.41) is 3.64. The van der Waals surface area contributed by atoms with Gasteiger partial charge in [-0.1, -0.05) is 6.07 Å². The topological polar surface area (TPSA) is 85.3 Å². The molecule has 0 unspecified atom stereocenters. The third-order valence-electron chi connectivity index (χ3n) is 6.97. The maximum absolute atomic E-state index is 15.4. The first-order valence-corrected chi connectivity index (χ1v) is 13.4. The van der Waals surface area contributed by atoms with Crippen LogP contribution >= 0.6 is 0 Å². The molecule has 10 heteroatoms. The fourth-order valence-corrected chi connectivity index (χ4v) is 4.98. The summed E-state index contributed by atoms with van der Waals surface area (Å²) < 4.78 is 40.8. The molecule has 8 nitrogen and oxygen atoms in total. The number of rotatable bonds is 7. The van der Waals surface area contributed by atoms with Crippen molar-refractivity contribution < 1.29 is 18.3 Å². The number of anilines is 3. The van der Waals surface area contributed by atoms with E-state index in [4.69, 9.17) is 14.5 Å². The molecule has 1 fully saturated rings. The molecule has 0 atom stereocenters. The first-order valence-electron chi connectivity index (χ1n) is 13.4. The van der Waals surface area contributed by atoms with Crippen molar-refractivity contribution in [2.45, 2.75) is 13.8 Å². The minimum Gasteiger partial charge on any atom is -0.478 e. The molecule has 208 valence electrons. The SMILES string of the molecule is CCOc1ccc(-c2ncc(N3CCOCC3)cc2Nc2c(C)c(-c3ccccn3)nc3cc(F)cc(F)c23)cn1. The Morgan fingerprint density at radius 2 is 1.83 bits per heavy atom. The van der Waals surface area contributed by atoms with Gasteiger partial charge in [0.15, 0.2) is 0 Å².